The van der Waals surface area contributed by atoms with Gasteiger partial charge in [-0.1, -0.05) is 78.3 Å². The van der Waals surface area contributed by atoms with Crippen LogP contribution in [0.15, 0.2) is 77.3 Å². The smallest absolute Gasteiger partial charge is 0.261 e. The molecule has 0 radical (unpaired) electrons. The summed E-state index contributed by atoms with van der Waals surface area (Å²) in [5.41, 5.74) is 4.06. The van der Waals surface area contributed by atoms with Crippen LogP contribution in [0.1, 0.15) is 36.1 Å². The topological polar surface area (TPSA) is 58.6 Å². The summed E-state index contributed by atoms with van der Waals surface area (Å²) in [6, 6.07) is 22.8. The standard InChI is InChI=1S/C30H35BrN2O3/c1-21(2)18-32-30(35)28(17-24-9-6-5-7-10-24)33(19-25-11-8-12-26(31)16-25)29(34)20-36-27-14-22(3)13-23(4)15-27/h5-16,21,28H,17-20H2,1-4H3,(H,32,35)/t28-/m1/s1. The van der Waals surface area contributed by atoms with Crippen molar-refractivity contribution in [2.24, 2.45) is 5.92 Å². The lowest BCUT2D eigenvalue weighted by atomic mass is 10.0. The van der Waals surface area contributed by atoms with E-state index in [1.165, 1.54) is 0 Å². The number of rotatable bonds is 11. The van der Waals surface area contributed by atoms with Crippen LogP contribution in [-0.4, -0.2) is 35.9 Å². The fourth-order valence-electron chi connectivity index (χ4n) is 4.05. The molecule has 36 heavy (non-hydrogen) atoms. The second-order valence-corrected chi connectivity index (χ2v) is 10.5. The maximum absolute atomic E-state index is 13.7. The van der Waals surface area contributed by atoms with Gasteiger partial charge in [-0.15, -0.1) is 0 Å². The van der Waals surface area contributed by atoms with Crippen molar-refractivity contribution in [2.75, 3.05) is 13.2 Å². The Labute approximate surface area is 223 Å². The Morgan fingerprint density at radius 3 is 2.22 bits per heavy atom. The molecule has 0 unspecified atom stereocenters. The Bertz CT molecular complexity index is 1140. The summed E-state index contributed by atoms with van der Waals surface area (Å²) in [5, 5.41) is 3.04. The molecule has 0 saturated heterocycles. The van der Waals surface area contributed by atoms with Crippen LogP contribution >= 0.6 is 15.9 Å². The minimum atomic E-state index is -0.680. The lowest BCUT2D eigenvalue weighted by Gasteiger charge is -2.31. The van der Waals surface area contributed by atoms with Gasteiger partial charge in [0.2, 0.25) is 5.91 Å². The van der Waals surface area contributed by atoms with E-state index in [0.717, 1.165) is 26.7 Å². The molecular formula is C30H35BrN2O3. The van der Waals surface area contributed by atoms with Gasteiger partial charge in [-0.25, -0.2) is 0 Å². The zero-order valence-corrected chi connectivity index (χ0v) is 23.0. The second kappa shape index (κ2) is 13.3. The third-order valence-corrected chi connectivity index (χ3v) is 6.25. The molecule has 0 aliphatic rings. The van der Waals surface area contributed by atoms with Crippen molar-refractivity contribution in [3.05, 3.63) is 99.5 Å². The van der Waals surface area contributed by atoms with Crippen LogP contribution in [0.2, 0.25) is 0 Å². The van der Waals surface area contributed by atoms with E-state index in [9.17, 15) is 9.59 Å². The number of amides is 2. The Balaban J connectivity index is 1.91. The molecule has 3 aromatic rings. The second-order valence-electron chi connectivity index (χ2n) is 9.61. The van der Waals surface area contributed by atoms with Gasteiger partial charge in [-0.05, 0) is 66.3 Å². The number of hydrogen-bond acceptors (Lipinski definition) is 3. The lowest BCUT2D eigenvalue weighted by molar-refractivity contribution is -0.142. The van der Waals surface area contributed by atoms with Crippen molar-refractivity contribution < 1.29 is 14.3 Å². The number of carbonyl (C=O) groups is 2. The van der Waals surface area contributed by atoms with Crippen molar-refractivity contribution in [3.8, 4) is 5.75 Å². The number of aryl methyl sites for hydroxylation is 2. The number of hydrogen-bond donors (Lipinski definition) is 1. The van der Waals surface area contributed by atoms with Crippen LogP contribution in [0.4, 0.5) is 0 Å². The number of nitrogens with one attached hydrogen (secondary N) is 1. The maximum Gasteiger partial charge on any atom is 0.261 e. The first-order valence-electron chi connectivity index (χ1n) is 12.3. The lowest BCUT2D eigenvalue weighted by Crippen LogP contribution is -2.52. The molecule has 0 spiro atoms. The number of nitrogens with zero attached hydrogens (tertiary/aromatic N) is 1. The van der Waals surface area contributed by atoms with Gasteiger partial charge < -0.3 is 15.0 Å². The molecule has 1 atom stereocenters. The van der Waals surface area contributed by atoms with E-state index in [0.29, 0.717) is 31.2 Å². The molecule has 0 saturated carbocycles. The van der Waals surface area contributed by atoms with E-state index in [1.54, 1.807) is 4.90 Å². The normalized spacial score (nSPS) is 11.7. The van der Waals surface area contributed by atoms with Crippen LogP contribution in [-0.2, 0) is 22.6 Å². The van der Waals surface area contributed by atoms with E-state index in [-0.39, 0.29) is 18.4 Å². The van der Waals surface area contributed by atoms with Crippen LogP contribution in [0, 0.1) is 19.8 Å². The summed E-state index contributed by atoms with van der Waals surface area (Å²) in [4.78, 5) is 28.8. The summed E-state index contributed by atoms with van der Waals surface area (Å²) >= 11 is 3.52. The molecule has 0 fully saturated rings. The third-order valence-electron chi connectivity index (χ3n) is 5.76. The van der Waals surface area contributed by atoms with Crippen LogP contribution < -0.4 is 10.1 Å². The number of benzene rings is 3. The predicted molar refractivity (Wildman–Crippen MR) is 148 cm³/mol. The summed E-state index contributed by atoms with van der Waals surface area (Å²) in [5.74, 6) is 0.539. The van der Waals surface area contributed by atoms with E-state index in [1.807, 2.05) is 80.6 Å². The minimum absolute atomic E-state index is 0.153. The predicted octanol–water partition coefficient (Wildman–Crippen LogP) is 5.86. The van der Waals surface area contributed by atoms with Gasteiger partial charge in [0.15, 0.2) is 6.61 Å². The Hall–Kier alpha value is -3.12. The molecule has 0 aliphatic heterocycles. The molecule has 5 nitrogen and oxygen atoms in total. The first-order valence-corrected chi connectivity index (χ1v) is 13.1. The highest BCUT2D eigenvalue weighted by molar-refractivity contribution is 9.10. The molecule has 3 rings (SSSR count). The first kappa shape index (κ1) is 27.5. The van der Waals surface area contributed by atoms with E-state index in [4.69, 9.17) is 4.74 Å². The van der Waals surface area contributed by atoms with Crippen LogP contribution in [0.25, 0.3) is 0 Å². The SMILES string of the molecule is Cc1cc(C)cc(OCC(=O)N(Cc2cccc(Br)c2)[C@H](Cc2ccccc2)C(=O)NCC(C)C)c1. The highest BCUT2D eigenvalue weighted by Gasteiger charge is 2.30. The van der Waals surface area contributed by atoms with E-state index >= 15 is 0 Å². The fraction of sp³-hybridized carbons (Fsp3) is 0.333. The van der Waals surface area contributed by atoms with Gasteiger partial charge >= 0.3 is 0 Å². The molecule has 190 valence electrons. The van der Waals surface area contributed by atoms with Crippen LogP contribution in [0.3, 0.4) is 0 Å². The summed E-state index contributed by atoms with van der Waals surface area (Å²) < 4.78 is 6.84. The Morgan fingerprint density at radius 1 is 0.917 bits per heavy atom. The molecule has 0 aromatic heterocycles. The molecule has 1 N–H and O–H groups in total. The van der Waals surface area contributed by atoms with Crippen molar-refractivity contribution in [1.82, 2.24) is 10.2 Å². The number of carbonyl (C=O) groups excluding carboxylic acids is 2. The summed E-state index contributed by atoms with van der Waals surface area (Å²) in [6.45, 7) is 8.78. The number of halogens is 1. The monoisotopic (exact) mass is 550 g/mol. The molecule has 3 aromatic carbocycles. The molecule has 0 aliphatic carbocycles. The highest BCUT2D eigenvalue weighted by atomic mass is 79.9. The van der Waals surface area contributed by atoms with Gasteiger partial charge in [0.25, 0.3) is 5.91 Å². The molecule has 0 bridgehead atoms. The quantitative estimate of drug-likeness (QED) is 0.325. The maximum atomic E-state index is 13.7. The van der Waals surface area contributed by atoms with E-state index < -0.39 is 6.04 Å². The molecule has 6 heteroatoms. The van der Waals surface area contributed by atoms with Crippen molar-refractivity contribution >= 4 is 27.7 Å². The third kappa shape index (κ3) is 8.52. The van der Waals surface area contributed by atoms with Crippen molar-refractivity contribution in [3.63, 3.8) is 0 Å². The highest BCUT2D eigenvalue weighted by Crippen LogP contribution is 2.20. The molecular weight excluding hydrogens is 516 g/mol. The minimum Gasteiger partial charge on any atom is -0.484 e. The first-order chi connectivity index (χ1) is 17.2. The zero-order valence-electron chi connectivity index (χ0n) is 21.5. The van der Waals surface area contributed by atoms with Gasteiger partial charge in [0, 0.05) is 24.0 Å². The average molecular weight is 552 g/mol. The Kier molecular flexibility index (Phi) is 10.1. The van der Waals surface area contributed by atoms with Gasteiger partial charge in [0.05, 0.1) is 0 Å². The molecule has 2 amide bonds. The van der Waals surface area contributed by atoms with Gasteiger partial charge in [-0.3, -0.25) is 9.59 Å². The average Bonchev–Trinajstić information content (AvgIpc) is 2.83. The fourth-order valence-corrected chi connectivity index (χ4v) is 4.50. The van der Waals surface area contributed by atoms with Gasteiger partial charge in [-0.2, -0.15) is 0 Å². The van der Waals surface area contributed by atoms with Crippen molar-refractivity contribution in [2.45, 2.75) is 46.7 Å². The summed E-state index contributed by atoms with van der Waals surface area (Å²) in [6.07, 6.45) is 0.411. The van der Waals surface area contributed by atoms with Gasteiger partial charge in [0.1, 0.15) is 11.8 Å². The zero-order chi connectivity index (χ0) is 26.1. The van der Waals surface area contributed by atoms with E-state index in [2.05, 4.69) is 41.2 Å². The molecule has 0 heterocycles. The number of ether oxygens (including phenoxy) is 1. The largest absolute Gasteiger partial charge is 0.484 e. The van der Waals surface area contributed by atoms with Crippen molar-refractivity contribution in [1.29, 1.82) is 0 Å². The summed E-state index contributed by atoms with van der Waals surface area (Å²) in [7, 11) is 0. The Morgan fingerprint density at radius 2 is 1.58 bits per heavy atom. The van der Waals surface area contributed by atoms with Crippen LogP contribution in [0.5, 0.6) is 5.75 Å².